The molecule has 0 unspecified atom stereocenters. The molecule has 0 fully saturated rings. The molecule has 5 nitrogen and oxygen atoms in total. The molecule has 0 heterocycles. The molecule has 0 aliphatic rings. The van der Waals surface area contributed by atoms with E-state index in [0.717, 1.165) is 0 Å². The topological polar surface area (TPSA) is 58.6 Å². The molecule has 0 aliphatic carbocycles. The van der Waals surface area contributed by atoms with Crippen molar-refractivity contribution >= 4 is 23.2 Å². The van der Waals surface area contributed by atoms with E-state index in [1.165, 1.54) is 36.1 Å². The van der Waals surface area contributed by atoms with Crippen molar-refractivity contribution in [1.29, 1.82) is 0 Å². The van der Waals surface area contributed by atoms with E-state index in [9.17, 15) is 14.0 Å². The zero-order chi connectivity index (χ0) is 20.6. The van der Waals surface area contributed by atoms with Gasteiger partial charge in [0.25, 0.3) is 0 Å². The van der Waals surface area contributed by atoms with E-state index >= 15 is 0 Å². The second kappa shape index (κ2) is 9.50. The summed E-state index contributed by atoms with van der Waals surface area (Å²) >= 11 is 0. The van der Waals surface area contributed by atoms with Gasteiger partial charge in [0.2, 0.25) is 11.8 Å². The number of anilines is 2. The second-order valence-corrected chi connectivity index (χ2v) is 6.36. The van der Waals surface area contributed by atoms with E-state index in [4.69, 9.17) is 4.74 Å². The summed E-state index contributed by atoms with van der Waals surface area (Å²) in [5, 5.41) is 2.82. The Bertz CT molecular complexity index is 975. The number of hydrogen-bond acceptors (Lipinski definition) is 3. The van der Waals surface area contributed by atoms with Crippen LogP contribution in [0.4, 0.5) is 15.8 Å². The zero-order valence-corrected chi connectivity index (χ0v) is 16.0. The Morgan fingerprint density at radius 3 is 2.28 bits per heavy atom. The maximum atomic E-state index is 13.1. The fraction of sp³-hybridized carbons (Fsp3) is 0.130. The first-order valence-corrected chi connectivity index (χ1v) is 9.18. The number of nitrogens with zero attached hydrogens (tertiary/aromatic N) is 1. The van der Waals surface area contributed by atoms with Crippen LogP contribution in [0.15, 0.2) is 78.9 Å². The molecule has 0 saturated carbocycles. The van der Waals surface area contributed by atoms with Gasteiger partial charge in [0.05, 0.1) is 5.69 Å². The van der Waals surface area contributed by atoms with Crippen molar-refractivity contribution in [3.05, 3.63) is 84.7 Å². The van der Waals surface area contributed by atoms with Crippen molar-refractivity contribution in [3.8, 4) is 11.5 Å². The SMILES string of the molecule is CC(=O)N(CCC(=O)Nc1ccccc1Oc1ccccc1)c1ccc(F)cc1. The van der Waals surface area contributed by atoms with E-state index in [1.807, 2.05) is 36.4 Å². The molecule has 148 valence electrons. The first-order chi connectivity index (χ1) is 14.0. The fourth-order valence-electron chi connectivity index (χ4n) is 2.79. The lowest BCUT2D eigenvalue weighted by molar-refractivity contribution is -0.117. The van der Waals surface area contributed by atoms with Crippen LogP contribution in [0.5, 0.6) is 11.5 Å². The molecule has 1 N–H and O–H groups in total. The largest absolute Gasteiger partial charge is 0.455 e. The molecule has 3 rings (SSSR count). The first kappa shape index (κ1) is 20.1. The van der Waals surface area contributed by atoms with Crippen LogP contribution in [-0.4, -0.2) is 18.4 Å². The van der Waals surface area contributed by atoms with Crippen molar-refractivity contribution in [3.63, 3.8) is 0 Å². The molecule has 29 heavy (non-hydrogen) atoms. The van der Waals surface area contributed by atoms with E-state index < -0.39 is 0 Å². The minimum atomic E-state index is -0.384. The van der Waals surface area contributed by atoms with Crippen LogP contribution in [0, 0.1) is 5.82 Å². The maximum absolute atomic E-state index is 13.1. The number of hydrogen-bond donors (Lipinski definition) is 1. The van der Waals surface area contributed by atoms with Gasteiger partial charge in [-0.05, 0) is 48.5 Å². The number of amides is 2. The fourth-order valence-corrected chi connectivity index (χ4v) is 2.79. The Hall–Kier alpha value is -3.67. The quantitative estimate of drug-likeness (QED) is 0.616. The van der Waals surface area contributed by atoms with Crippen molar-refractivity contribution in [2.75, 3.05) is 16.8 Å². The monoisotopic (exact) mass is 392 g/mol. The third kappa shape index (κ3) is 5.65. The molecule has 0 radical (unpaired) electrons. The Kier molecular flexibility index (Phi) is 6.58. The van der Waals surface area contributed by atoms with Gasteiger partial charge in [-0.3, -0.25) is 9.59 Å². The smallest absolute Gasteiger partial charge is 0.226 e. The van der Waals surface area contributed by atoms with Gasteiger partial charge >= 0.3 is 0 Å². The highest BCUT2D eigenvalue weighted by molar-refractivity contribution is 5.95. The Morgan fingerprint density at radius 2 is 1.59 bits per heavy atom. The lowest BCUT2D eigenvalue weighted by Crippen LogP contribution is -2.32. The van der Waals surface area contributed by atoms with Crippen molar-refractivity contribution in [2.24, 2.45) is 0 Å². The van der Waals surface area contributed by atoms with Crippen LogP contribution in [0.25, 0.3) is 0 Å². The van der Waals surface area contributed by atoms with E-state index in [1.54, 1.807) is 18.2 Å². The predicted molar refractivity (Wildman–Crippen MR) is 111 cm³/mol. The van der Waals surface area contributed by atoms with Crippen LogP contribution in [0.2, 0.25) is 0 Å². The highest BCUT2D eigenvalue weighted by atomic mass is 19.1. The van der Waals surface area contributed by atoms with Gasteiger partial charge in [-0.2, -0.15) is 0 Å². The molecule has 0 atom stereocenters. The zero-order valence-electron chi connectivity index (χ0n) is 16.0. The summed E-state index contributed by atoms with van der Waals surface area (Å²) in [6, 6.07) is 22.0. The normalized spacial score (nSPS) is 10.3. The Balaban J connectivity index is 1.64. The molecule has 0 spiro atoms. The van der Waals surface area contributed by atoms with Crippen molar-refractivity contribution in [2.45, 2.75) is 13.3 Å². The van der Waals surface area contributed by atoms with Crippen LogP contribution >= 0.6 is 0 Å². The highest BCUT2D eigenvalue weighted by Crippen LogP contribution is 2.29. The van der Waals surface area contributed by atoms with E-state index in [-0.39, 0.29) is 30.6 Å². The summed E-state index contributed by atoms with van der Waals surface area (Å²) in [5.74, 6) is 0.312. The third-order valence-electron chi connectivity index (χ3n) is 4.21. The first-order valence-electron chi connectivity index (χ1n) is 9.18. The summed E-state index contributed by atoms with van der Waals surface area (Å²) in [6.45, 7) is 1.58. The minimum absolute atomic E-state index is 0.0800. The average molecular weight is 392 g/mol. The minimum Gasteiger partial charge on any atom is -0.455 e. The van der Waals surface area contributed by atoms with Crippen molar-refractivity contribution in [1.82, 2.24) is 0 Å². The summed E-state index contributed by atoms with van der Waals surface area (Å²) in [7, 11) is 0. The number of carbonyl (C=O) groups is 2. The van der Waals surface area contributed by atoms with Crippen LogP contribution < -0.4 is 15.0 Å². The van der Waals surface area contributed by atoms with Crippen molar-refractivity contribution < 1.29 is 18.7 Å². The van der Waals surface area contributed by atoms with Gasteiger partial charge in [-0.1, -0.05) is 30.3 Å². The highest BCUT2D eigenvalue weighted by Gasteiger charge is 2.15. The Labute approximate surface area is 168 Å². The van der Waals surface area contributed by atoms with E-state index in [0.29, 0.717) is 22.9 Å². The number of carbonyl (C=O) groups excluding carboxylic acids is 2. The van der Waals surface area contributed by atoms with Crippen LogP contribution in [0.3, 0.4) is 0 Å². The molecule has 3 aromatic rings. The van der Waals surface area contributed by atoms with Gasteiger partial charge in [-0.25, -0.2) is 4.39 Å². The van der Waals surface area contributed by atoms with Crippen LogP contribution in [-0.2, 0) is 9.59 Å². The molecule has 0 aliphatic heterocycles. The molecular formula is C23H21FN2O3. The predicted octanol–water partition coefficient (Wildman–Crippen LogP) is 5.00. The number of halogens is 1. The summed E-state index contributed by atoms with van der Waals surface area (Å²) in [6.07, 6.45) is 0.0800. The third-order valence-corrected chi connectivity index (χ3v) is 4.21. The second-order valence-electron chi connectivity index (χ2n) is 6.36. The number of benzene rings is 3. The number of para-hydroxylation sites is 3. The summed E-state index contributed by atoms with van der Waals surface area (Å²) < 4.78 is 19.0. The molecule has 0 aromatic heterocycles. The summed E-state index contributed by atoms with van der Waals surface area (Å²) in [4.78, 5) is 25.8. The van der Waals surface area contributed by atoms with Gasteiger partial charge < -0.3 is 15.0 Å². The number of ether oxygens (including phenoxy) is 1. The molecule has 3 aromatic carbocycles. The average Bonchev–Trinajstić information content (AvgIpc) is 2.71. The Morgan fingerprint density at radius 1 is 0.931 bits per heavy atom. The number of rotatable bonds is 7. The van der Waals surface area contributed by atoms with Gasteiger partial charge in [0.15, 0.2) is 5.75 Å². The lowest BCUT2D eigenvalue weighted by atomic mass is 10.2. The lowest BCUT2D eigenvalue weighted by Gasteiger charge is -2.21. The van der Waals surface area contributed by atoms with Crippen LogP contribution in [0.1, 0.15) is 13.3 Å². The molecule has 0 saturated heterocycles. The van der Waals surface area contributed by atoms with Gasteiger partial charge in [0, 0.05) is 25.6 Å². The van der Waals surface area contributed by atoms with Gasteiger partial charge in [0.1, 0.15) is 11.6 Å². The molecule has 6 heteroatoms. The summed E-state index contributed by atoms with van der Waals surface area (Å²) in [5.41, 5.74) is 1.08. The van der Waals surface area contributed by atoms with Gasteiger partial charge in [-0.15, -0.1) is 0 Å². The maximum Gasteiger partial charge on any atom is 0.226 e. The molecular weight excluding hydrogens is 371 g/mol. The standard InChI is InChI=1S/C23H21FN2O3/c1-17(27)26(19-13-11-18(24)12-14-19)16-15-23(28)25-21-9-5-6-10-22(21)29-20-7-3-2-4-8-20/h2-14H,15-16H2,1H3,(H,25,28). The number of nitrogens with one attached hydrogen (secondary N) is 1. The molecule has 0 bridgehead atoms. The van der Waals surface area contributed by atoms with E-state index in [2.05, 4.69) is 5.32 Å². The molecule has 2 amide bonds.